The summed E-state index contributed by atoms with van der Waals surface area (Å²) in [7, 11) is -5.26. The van der Waals surface area contributed by atoms with Crippen molar-refractivity contribution < 1.29 is 21.6 Å². The average molecular weight is 389 g/mol. The summed E-state index contributed by atoms with van der Waals surface area (Å²) in [5.74, 6) is -0.367. The molecule has 1 saturated heterocycles. The lowest BCUT2D eigenvalue weighted by molar-refractivity contribution is 0.0747. The van der Waals surface area contributed by atoms with Gasteiger partial charge in [0.15, 0.2) is 9.84 Å². The molecule has 1 N–H and O–H groups in total. The minimum Gasteiger partial charge on any atom is -0.338 e. The molecule has 140 valence electrons. The average Bonchev–Trinajstić information content (AvgIpc) is 2.93. The van der Waals surface area contributed by atoms with Crippen LogP contribution in [0.3, 0.4) is 0 Å². The molecule has 0 spiro atoms. The molecule has 1 fully saturated rings. The van der Waals surface area contributed by atoms with Crippen molar-refractivity contribution in [2.24, 2.45) is 0 Å². The van der Waals surface area contributed by atoms with Crippen molar-refractivity contribution >= 4 is 25.8 Å². The van der Waals surface area contributed by atoms with Crippen LogP contribution in [0.4, 0.5) is 0 Å². The Morgan fingerprint density at radius 2 is 2.08 bits per heavy atom. The van der Waals surface area contributed by atoms with E-state index >= 15 is 0 Å². The first-order chi connectivity index (χ1) is 11.6. The normalized spacial score (nSPS) is 21.0. The predicted octanol–water partition coefficient (Wildman–Crippen LogP) is 1.02. The fourth-order valence-corrected chi connectivity index (χ4v) is 5.81. The zero-order valence-electron chi connectivity index (χ0n) is 14.6. The summed E-state index contributed by atoms with van der Waals surface area (Å²) in [6.45, 7) is 3.64. The SMILES string of the molecule is CCC(C)NS(=O)(=O)c1cccc(C(=O)N(C)C2CCS(=O)(=O)C2)c1. The van der Waals surface area contributed by atoms with Crippen molar-refractivity contribution in [3.63, 3.8) is 0 Å². The molecule has 1 aliphatic heterocycles. The van der Waals surface area contributed by atoms with E-state index in [1.54, 1.807) is 14.0 Å². The van der Waals surface area contributed by atoms with Gasteiger partial charge in [-0.05, 0) is 38.0 Å². The number of carbonyl (C=O) groups is 1. The maximum atomic E-state index is 12.6. The number of hydrogen-bond donors (Lipinski definition) is 1. The molecule has 7 nitrogen and oxygen atoms in total. The molecule has 0 aliphatic carbocycles. The molecule has 1 aromatic rings. The van der Waals surface area contributed by atoms with Crippen molar-refractivity contribution in [1.29, 1.82) is 0 Å². The Balaban J connectivity index is 2.22. The molecular formula is C16H24N2O5S2. The van der Waals surface area contributed by atoms with Crippen LogP contribution in [-0.2, 0) is 19.9 Å². The van der Waals surface area contributed by atoms with E-state index in [1.165, 1.54) is 29.2 Å². The molecule has 0 saturated carbocycles. The molecule has 1 heterocycles. The summed E-state index contributed by atoms with van der Waals surface area (Å²) in [5.41, 5.74) is 0.221. The number of rotatable bonds is 6. The predicted molar refractivity (Wildman–Crippen MR) is 95.7 cm³/mol. The van der Waals surface area contributed by atoms with Crippen molar-refractivity contribution in [2.75, 3.05) is 18.6 Å². The van der Waals surface area contributed by atoms with Crippen LogP contribution in [0.25, 0.3) is 0 Å². The molecule has 25 heavy (non-hydrogen) atoms. The summed E-state index contributed by atoms with van der Waals surface area (Å²) in [6.07, 6.45) is 1.05. The molecule has 2 rings (SSSR count). The maximum absolute atomic E-state index is 12.6. The zero-order valence-corrected chi connectivity index (χ0v) is 16.2. The van der Waals surface area contributed by atoms with Gasteiger partial charge >= 0.3 is 0 Å². The van der Waals surface area contributed by atoms with Crippen LogP contribution in [0.15, 0.2) is 29.2 Å². The fourth-order valence-electron chi connectivity index (χ4n) is 2.66. The lowest BCUT2D eigenvalue weighted by Crippen LogP contribution is -2.38. The van der Waals surface area contributed by atoms with Crippen LogP contribution in [0.5, 0.6) is 0 Å². The van der Waals surface area contributed by atoms with Gasteiger partial charge in [-0.2, -0.15) is 0 Å². The Labute approximate surface area is 149 Å². The highest BCUT2D eigenvalue weighted by Crippen LogP contribution is 2.20. The monoisotopic (exact) mass is 388 g/mol. The molecule has 1 amide bonds. The van der Waals surface area contributed by atoms with Gasteiger partial charge in [-0.25, -0.2) is 21.6 Å². The standard InChI is InChI=1S/C16H24N2O5S2/c1-4-12(2)17-25(22,23)15-7-5-6-13(10-15)16(19)18(3)14-8-9-24(20,21)11-14/h5-7,10,12,14,17H,4,8-9,11H2,1-3H3. The molecule has 2 unspecified atom stereocenters. The van der Waals surface area contributed by atoms with Crippen LogP contribution < -0.4 is 4.72 Å². The third-order valence-corrected chi connectivity index (χ3v) is 7.77. The summed E-state index contributed by atoms with van der Waals surface area (Å²) in [6, 6.07) is 5.21. The number of amides is 1. The topological polar surface area (TPSA) is 101 Å². The molecule has 1 aromatic carbocycles. The Kier molecular flexibility index (Phi) is 5.90. The van der Waals surface area contributed by atoms with E-state index in [0.717, 1.165) is 0 Å². The first kappa shape index (κ1) is 19.9. The largest absolute Gasteiger partial charge is 0.338 e. The van der Waals surface area contributed by atoms with Gasteiger partial charge in [0, 0.05) is 24.7 Å². The number of nitrogens with zero attached hydrogens (tertiary/aromatic N) is 1. The van der Waals surface area contributed by atoms with E-state index in [1.807, 2.05) is 6.92 Å². The second-order valence-electron chi connectivity index (χ2n) is 6.43. The van der Waals surface area contributed by atoms with Crippen molar-refractivity contribution in [3.8, 4) is 0 Å². The quantitative estimate of drug-likeness (QED) is 0.784. The van der Waals surface area contributed by atoms with Gasteiger partial charge in [0.2, 0.25) is 10.0 Å². The van der Waals surface area contributed by atoms with Crippen LogP contribution in [-0.4, -0.2) is 58.3 Å². The first-order valence-electron chi connectivity index (χ1n) is 8.15. The number of sulfone groups is 1. The molecule has 2 atom stereocenters. The summed E-state index contributed by atoms with van der Waals surface area (Å²) in [5, 5.41) is 0. The van der Waals surface area contributed by atoms with E-state index in [2.05, 4.69) is 4.72 Å². The zero-order chi connectivity index (χ0) is 18.8. The molecule has 0 radical (unpaired) electrons. The van der Waals surface area contributed by atoms with Crippen molar-refractivity contribution in [2.45, 2.75) is 43.7 Å². The third-order valence-electron chi connectivity index (χ3n) is 4.44. The summed E-state index contributed by atoms with van der Waals surface area (Å²) in [4.78, 5) is 14.0. The number of carbonyl (C=O) groups excluding carboxylic acids is 1. The van der Waals surface area contributed by atoms with Crippen LogP contribution in [0, 0.1) is 0 Å². The molecule has 9 heteroatoms. The Hall–Kier alpha value is -1.45. The number of sulfonamides is 1. The minimum absolute atomic E-state index is 0.0195. The van der Waals surface area contributed by atoms with Crippen molar-refractivity contribution in [1.82, 2.24) is 9.62 Å². The lowest BCUT2D eigenvalue weighted by atomic mass is 10.1. The van der Waals surface area contributed by atoms with E-state index in [4.69, 9.17) is 0 Å². The third kappa shape index (κ3) is 4.80. The fraction of sp³-hybridized carbons (Fsp3) is 0.562. The highest BCUT2D eigenvalue weighted by Gasteiger charge is 2.33. The maximum Gasteiger partial charge on any atom is 0.253 e. The van der Waals surface area contributed by atoms with Crippen molar-refractivity contribution in [3.05, 3.63) is 29.8 Å². The van der Waals surface area contributed by atoms with Gasteiger partial charge in [-0.3, -0.25) is 4.79 Å². The van der Waals surface area contributed by atoms with Gasteiger partial charge in [0.1, 0.15) is 0 Å². The van der Waals surface area contributed by atoms with Gasteiger partial charge in [-0.1, -0.05) is 13.0 Å². The van der Waals surface area contributed by atoms with Gasteiger partial charge in [-0.15, -0.1) is 0 Å². The second-order valence-corrected chi connectivity index (χ2v) is 10.4. The highest BCUT2D eigenvalue weighted by molar-refractivity contribution is 7.91. The van der Waals surface area contributed by atoms with E-state index < -0.39 is 19.9 Å². The van der Waals surface area contributed by atoms with Crippen LogP contribution in [0.1, 0.15) is 37.0 Å². The second kappa shape index (κ2) is 7.43. The van der Waals surface area contributed by atoms with Crippen LogP contribution in [0.2, 0.25) is 0 Å². The first-order valence-corrected chi connectivity index (χ1v) is 11.5. The molecule has 1 aliphatic rings. The van der Waals surface area contributed by atoms with Crippen LogP contribution >= 0.6 is 0 Å². The lowest BCUT2D eigenvalue weighted by Gasteiger charge is -2.23. The smallest absolute Gasteiger partial charge is 0.253 e. The minimum atomic E-state index is -3.71. The van der Waals surface area contributed by atoms with E-state index in [0.29, 0.717) is 12.8 Å². The Morgan fingerprint density at radius 1 is 1.40 bits per heavy atom. The Morgan fingerprint density at radius 3 is 2.64 bits per heavy atom. The highest BCUT2D eigenvalue weighted by atomic mass is 32.2. The number of hydrogen-bond acceptors (Lipinski definition) is 5. The van der Waals surface area contributed by atoms with E-state index in [9.17, 15) is 21.6 Å². The van der Waals surface area contributed by atoms with Gasteiger partial charge in [0.05, 0.1) is 16.4 Å². The number of benzene rings is 1. The molecule has 0 aromatic heterocycles. The summed E-state index contributed by atoms with van der Waals surface area (Å²) < 4.78 is 50.5. The van der Waals surface area contributed by atoms with Gasteiger partial charge in [0.25, 0.3) is 5.91 Å². The Bertz CT molecular complexity index is 849. The summed E-state index contributed by atoms with van der Waals surface area (Å²) >= 11 is 0. The van der Waals surface area contributed by atoms with E-state index in [-0.39, 0.29) is 40.0 Å². The molecular weight excluding hydrogens is 364 g/mol. The van der Waals surface area contributed by atoms with Gasteiger partial charge < -0.3 is 4.90 Å². The molecule has 0 bridgehead atoms. The number of nitrogens with one attached hydrogen (secondary N) is 1.